The highest BCUT2D eigenvalue weighted by Crippen LogP contribution is 2.07. The summed E-state index contributed by atoms with van der Waals surface area (Å²) < 4.78 is 0. The van der Waals surface area contributed by atoms with Crippen molar-refractivity contribution in [2.45, 2.75) is 32.2 Å². The first-order valence-electron chi connectivity index (χ1n) is 7.72. The van der Waals surface area contributed by atoms with Crippen LogP contribution in [0.5, 0.6) is 0 Å². The lowest BCUT2D eigenvalue weighted by atomic mass is 10.1. The molecule has 2 amide bonds. The molecule has 1 aliphatic heterocycles. The van der Waals surface area contributed by atoms with Gasteiger partial charge in [0.25, 0.3) is 0 Å². The molecule has 3 N–H and O–H groups in total. The maximum atomic E-state index is 12.2. The number of nitrogens with zero attached hydrogens (tertiary/aromatic N) is 2. The second-order valence-electron chi connectivity index (χ2n) is 5.44. The summed E-state index contributed by atoms with van der Waals surface area (Å²) in [6.07, 6.45) is 4.44. The molecular formula is C15H28N4O2. The maximum Gasteiger partial charge on any atom is 0.239 e. The quantitative estimate of drug-likeness (QED) is 0.616. The van der Waals surface area contributed by atoms with Gasteiger partial charge in [-0.1, -0.05) is 25.8 Å². The predicted molar refractivity (Wildman–Crippen MR) is 83.7 cm³/mol. The molecule has 1 fully saturated rings. The molecule has 0 aliphatic carbocycles. The van der Waals surface area contributed by atoms with Crippen molar-refractivity contribution in [3.8, 4) is 0 Å². The SMILES string of the molecule is C=CCNC(=O)CN1CCN(C(=O)C(N)CCCC)CC1. The number of piperazine rings is 1. The molecule has 0 bridgehead atoms. The summed E-state index contributed by atoms with van der Waals surface area (Å²) in [5, 5.41) is 2.76. The van der Waals surface area contributed by atoms with Gasteiger partial charge in [-0.3, -0.25) is 14.5 Å². The van der Waals surface area contributed by atoms with Crippen LogP contribution in [0.1, 0.15) is 26.2 Å². The van der Waals surface area contributed by atoms with Crippen molar-refractivity contribution in [3.63, 3.8) is 0 Å². The Labute approximate surface area is 127 Å². The summed E-state index contributed by atoms with van der Waals surface area (Å²) in [6, 6.07) is -0.382. The predicted octanol–water partition coefficient (Wildman–Crippen LogP) is -0.0497. The van der Waals surface area contributed by atoms with Gasteiger partial charge in [0.2, 0.25) is 11.8 Å². The van der Waals surface area contributed by atoms with Crippen LogP contribution >= 0.6 is 0 Å². The lowest BCUT2D eigenvalue weighted by molar-refractivity contribution is -0.134. The van der Waals surface area contributed by atoms with Crippen LogP contribution in [0.3, 0.4) is 0 Å². The lowest BCUT2D eigenvalue weighted by Crippen LogP contribution is -2.54. The molecule has 120 valence electrons. The van der Waals surface area contributed by atoms with Crippen molar-refractivity contribution in [1.29, 1.82) is 0 Å². The van der Waals surface area contributed by atoms with E-state index in [1.165, 1.54) is 0 Å². The van der Waals surface area contributed by atoms with Crippen molar-refractivity contribution in [2.75, 3.05) is 39.3 Å². The highest BCUT2D eigenvalue weighted by Gasteiger charge is 2.25. The third kappa shape index (κ3) is 6.27. The first kappa shape index (κ1) is 17.7. The molecule has 1 saturated heterocycles. The van der Waals surface area contributed by atoms with Gasteiger partial charge in [0, 0.05) is 32.7 Å². The summed E-state index contributed by atoms with van der Waals surface area (Å²) in [4.78, 5) is 27.7. The summed E-state index contributed by atoms with van der Waals surface area (Å²) in [5.74, 6) is 0.0357. The fourth-order valence-electron chi connectivity index (χ4n) is 2.35. The Morgan fingerprint density at radius 3 is 2.57 bits per heavy atom. The van der Waals surface area contributed by atoms with E-state index in [0.29, 0.717) is 39.3 Å². The number of hydrogen-bond acceptors (Lipinski definition) is 4. The number of unbranched alkanes of at least 4 members (excludes halogenated alkanes) is 1. The Bertz CT molecular complexity index is 352. The Morgan fingerprint density at radius 1 is 1.33 bits per heavy atom. The van der Waals surface area contributed by atoms with Gasteiger partial charge in [0.05, 0.1) is 12.6 Å². The molecule has 0 saturated carbocycles. The Balaban J connectivity index is 2.29. The van der Waals surface area contributed by atoms with Crippen molar-refractivity contribution in [1.82, 2.24) is 15.1 Å². The number of nitrogens with two attached hydrogens (primary N) is 1. The number of carbonyl (C=O) groups is 2. The van der Waals surface area contributed by atoms with Crippen LogP contribution < -0.4 is 11.1 Å². The average molecular weight is 296 g/mol. The molecule has 6 nitrogen and oxygen atoms in total. The Hall–Kier alpha value is -1.40. The van der Waals surface area contributed by atoms with Gasteiger partial charge in [-0.15, -0.1) is 6.58 Å². The number of carbonyl (C=O) groups excluding carboxylic acids is 2. The maximum absolute atomic E-state index is 12.2. The third-order valence-corrected chi connectivity index (χ3v) is 3.68. The second-order valence-corrected chi connectivity index (χ2v) is 5.44. The molecule has 0 aromatic carbocycles. The minimum Gasteiger partial charge on any atom is -0.352 e. The molecular weight excluding hydrogens is 268 g/mol. The molecule has 0 aromatic heterocycles. The number of rotatable bonds is 8. The largest absolute Gasteiger partial charge is 0.352 e. The summed E-state index contributed by atoms with van der Waals surface area (Å²) in [5.41, 5.74) is 5.93. The summed E-state index contributed by atoms with van der Waals surface area (Å²) in [7, 11) is 0. The highest BCUT2D eigenvalue weighted by molar-refractivity contribution is 5.82. The van der Waals surface area contributed by atoms with Gasteiger partial charge in [-0.05, 0) is 6.42 Å². The first-order chi connectivity index (χ1) is 10.1. The lowest BCUT2D eigenvalue weighted by Gasteiger charge is -2.35. The smallest absolute Gasteiger partial charge is 0.239 e. The zero-order chi connectivity index (χ0) is 15.7. The van der Waals surface area contributed by atoms with E-state index in [1.54, 1.807) is 6.08 Å². The van der Waals surface area contributed by atoms with E-state index in [-0.39, 0.29) is 17.9 Å². The summed E-state index contributed by atoms with van der Waals surface area (Å²) in [6.45, 7) is 9.24. The molecule has 1 unspecified atom stereocenters. The average Bonchev–Trinajstić information content (AvgIpc) is 2.50. The van der Waals surface area contributed by atoms with E-state index in [1.807, 2.05) is 4.90 Å². The Kier molecular flexibility index (Phi) is 8.00. The van der Waals surface area contributed by atoms with Gasteiger partial charge in [-0.2, -0.15) is 0 Å². The molecule has 6 heteroatoms. The normalized spacial score (nSPS) is 17.3. The van der Waals surface area contributed by atoms with Gasteiger partial charge >= 0.3 is 0 Å². The van der Waals surface area contributed by atoms with Crippen molar-refractivity contribution in [2.24, 2.45) is 5.73 Å². The number of hydrogen-bond donors (Lipinski definition) is 2. The van der Waals surface area contributed by atoms with Crippen LogP contribution in [-0.4, -0.2) is 66.9 Å². The van der Waals surface area contributed by atoms with E-state index in [9.17, 15) is 9.59 Å². The molecule has 1 heterocycles. The fourth-order valence-corrected chi connectivity index (χ4v) is 2.35. The molecule has 0 spiro atoms. The van der Waals surface area contributed by atoms with Gasteiger partial charge < -0.3 is 16.0 Å². The van der Waals surface area contributed by atoms with Crippen LogP contribution in [-0.2, 0) is 9.59 Å². The number of amides is 2. The van der Waals surface area contributed by atoms with Crippen molar-refractivity contribution < 1.29 is 9.59 Å². The monoisotopic (exact) mass is 296 g/mol. The molecule has 1 rings (SSSR count). The van der Waals surface area contributed by atoms with Gasteiger partial charge in [0.15, 0.2) is 0 Å². The molecule has 0 aromatic rings. The molecule has 0 radical (unpaired) electrons. The minimum atomic E-state index is -0.382. The van der Waals surface area contributed by atoms with Crippen LogP contribution in [0.2, 0.25) is 0 Å². The molecule has 1 aliphatic rings. The van der Waals surface area contributed by atoms with E-state index in [2.05, 4.69) is 23.7 Å². The third-order valence-electron chi connectivity index (χ3n) is 3.68. The van der Waals surface area contributed by atoms with E-state index < -0.39 is 0 Å². The van der Waals surface area contributed by atoms with E-state index in [0.717, 1.165) is 19.3 Å². The fraction of sp³-hybridized carbons (Fsp3) is 0.733. The van der Waals surface area contributed by atoms with Crippen LogP contribution in [0.4, 0.5) is 0 Å². The van der Waals surface area contributed by atoms with Gasteiger partial charge in [-0.25, -0.2) is 0 Å². The summed E-state index contributed by atoms with van der Waals surface area (Å²) >= 11 is 0. The molecule has 1 atom stereocenters. The Morgan fingerprint density at radius 2 is 2.00 bits per heavy atom. The minimum absolute atomic E-state index is 0.00526. The van der Waals surface area contributed by atoms with Crippen molar-refractivity contribution in [3.05, 3.63) is 12.7 Å². The zero-order valence-electron chi connectivity index (χ0n) is 13.0. The van der Waals surface area contributed by atoms with E-state index in [4.69, 9.17) is 5.73 Å². The second kappa shape index (κ2) is 9.52. The van der Waals surface area contributed by atoms with Gasteiger partial charge in [0.1, 0.15) is 0 Å². The first-order valence-corrected chi connectivity index (χ1v) is 7.72. The van der Waals surface area contributed by atoms with Crippen LogP contribution in [0, 0.1) is 0 Å². The topological polar surface area (TPSA) is 78.7 Å². The molecule has 21 heavy (non-hydrogen) atoms. The standard InChI is InChI=1S/C15H28N4O2/c1-3-5-6-13(16)15(21)19-10-8-18(9-11-19)12-14(20)17-7-4-2/h4,13H,2-3,5-12,16H2,1H3,(H,17,20). The van der Waals surface area contributed by atoms with Crippen LogP contribution in [0.25, 0.3) is 0 Å². The van der Waals surface area contributed by atoms with E-state index >= 15 is 0 Å². The zero-order valence-corrected chi connectivity index (χ0v) is 13.0. The highest BCUT2D eigenvalue weighted by atomic mass is 16.2. The van der Waals surface area contributed by atoms with Crippen LogP contribution in [0.15, 0.2) is 12.7 Å². The van der Waals surface area contributed by atoms with Crippen molar-refractivity contribution >= 4 is 11.8 Å². The number of nitrogens with one attached hydrogen (secondary N) is 1.